The van der Waals surface area contributed by atoms with E-state index in [9.17, 15) is 0 Å². The van der Waals surface area contributed by atoms with Crippen LogP contribution < -0.4 is 5.73 Å². The van der Waals surface area contributed by atoms with Crippen molar-refractivity contribution >= 4 is 16.8 Å². The minimum absolute atomic E-state index is 0.503. The zero-order valence-corrected chi connectivity index (χ0v) is 8.29. The molecule has 2 aromatic heterocycles. The van der Waals surface area contributed by atoms with Gasteiger partial charge in [0, 0.05) is 0 Å². The highest BCUT2D eigenvalue weighted by Gasteiger charge is 2.09. The summed E-state index contributed by atoms with van der Waals surface area (Å²) < 4.78 is 5.58. The summed E-state index contributed by atoms with van der Waals surface area (Å²) in [5, 5.41) is 7.47. The minimum Gasteiger partial charge on any atom is -0.436 e. The van der Waals surface area contributed by atoms with Crippen LogP contribution in [0.3, 0.4) is 0 Å². The van der Waals surface area contributed by atoms with Crippen LogP contribution in [0.2, 0.25) is 0 Å². The molecular formula is C11H8N4O. The molecule has 0 radical (unpaired) electrons. The lowest BCUT2D eigenvalue weighted by molar-refractivity contribution is 0.619. The molecule has 0 unspecified atom stereocenters. The molecule has 5 nitrogen and oxygen atoms in total. The van der Waals surface area contributed by atoms with Gasteiger partial charge in [-0.1, -0.05) is 6.07 Å². The van der Waals surface area contributed by atoms with Gasteiger partial charge in [-0.05, 0) is 18.2 Å². The zero-order chi connectivity index (χ0) is 11.0. The Morgan fingerprint density at radius 3 is 2.81 bits per heavy atom. The van der Waals surface area contributed by atoms with Gasteiger partial charge in [0.25, 0.3) is 0 Å². The molecule has 1 aromatic carbocycles. The second-order valence-electron chi connectivity index (χ2n) is 3.34. The van der Waals surface area contributed by atoms with E-state index in [0.29, 0.717) is 22.7 Å². The molecule has 0 atom stereocenters. The van der Waals surface area contributed by atoms with Gasteiger partial charge in [-0.15, -0.1) is 0 Å². The molecule has 0 spiro atoms. The minimum atomic E-state index is 0.503. The first-order chi connectivity index (χ1) is 7.84. The predicted molar refractivity (Wildman–Crippen MR) is 59.4 cm³/mol. The van der Waals surface area contributed by atoms with Crippen LogP contribution in [0.15, 0.2) is 41.1 Å². The molecule has 2 heterocycles. The highest BCUT2D eigenvalue weighted by Crippen LogP contribution is 2.26. The van der Waals surface area contributed by atoms with Crippen molar-refractivity contribution in [3.63, 3.8) is 0 Å². The van der Waals surface area contributed by atoms with Crippen LogP contribution in [-0.2, 0) is 0 Å². The van der Waals surface area contributed by atoms with Gasteiger partial charge in [-0.25, -0.2) is 4.98 Å². The average molecular weight is 212 g/mol. The Bertz CT molecular complexity index is 633. The third kappa shape index (κ3) is 1.30. The molecule has 78 valence electrons. The molecule has 3 rings (SSSR count). The van der Waals surface area contributed by atoms with Gasteiger partial charge in [0.15, 0.2) is 5.58 Å². The Morgan fingerprint density at radius 2 is 2.06 bits per heavy atom. The monoisotopic (exact) mass is 212 g/mol. The quantitative estimate of drug-likeness (QED) is 0.623. The van der Waals surface area contributed by atoms with Gasteiger partial charge in [0.1, 0.15) is 5.52 Å². The van der Waals surface area contributed by atoms with E-state index in [4.69, 9.17) is 10.2 Å². The van der Waals surface area contributed by atoms with Crippen molar-refractivity contribution in [3.05, 3.63) is 36.7 Å². The second kappa shape index (κ2) is 3.30. The lowest BCUT2D eigenvalue weighted by atomic mass is 10.3. The molecule has 0 bridgehead atoms. The van der Waals surface area contributed by atoms with Gasteiger partial charge >= 0.3 is 0 Å². The molecule has 5 heteroatoms. The molecule has 0 fully saturated rings. The van der Waals surface area contributed by atoms with Crippen molar-refractivity contribution < 1.29 is 4.42 Å². The smallest absolute Gasteiger partial charge is 0.229 e. The van der Waals surface area contributed by atoms with Gasteiger partial charge in [-0.3, -0.25) is 0 Å². The van der Waals surface area contributed by atoms with Crippen molar-refractivity contribution in [2.45, 2.75) is 0 Å². The molecule has 0 aliphatic carbocycles. The number of nitrogen functional groups attached to an aromatic ring is 1. The van der Waals surface area contributed by atoms with E-state index in [-0.39, 0.29) is 0 Å². The maximum Gasteiger partial charge on any atom is 0.229 e. The number of para-hydroxylation sites is 1. The van der Waals surface area contributed by atoms with E-state index in [1.165, 1.54) is 0 Å². The SMILES string of the molecule is Nc1cccc2oc(-c3ccnnc3)nc12. The largest absolute Gasteiger partial charge is 0.436 e. The Morgan fingerprint density at radius 1 is 1.12 bits per heavy atom. The van der Waals surface area contributed by atoms with Crippen LogP contribution in [0.5, 0.6) is 0 Å². The van der Waals surface area contributed by atoms with Crippen LogP contribution in [0, 0.1) is 0 Å². The van der Waals surface area contributed by atoms with Crippen LogP contribution >= 0.6 is 0 Å². The topological polar surface area (TPSA) is 77.8 Å². The van der Waals surface area contributed by atoms with Crippen molar-refractivity contribution in [2.24, 2.45) is 0 Å². The fourth-order valence-corrected chi connectivity index (χ4v) is 1.51. The molecule has 0 saturated carbocycles. The Kier molecular flexibility index (Phi) is 1.83. The number of rotatable bonds is 1. The van der Waals surface area contributed by atoms with Crippen molar-refractivity contribution in [2.75, 3.05) is 5.73 Å². The predicted octanol–water partition coefficient (Wildman–Crippen LogP) is 1.87. The van der Waals surface area contributed by atoms with E-state index < -0.39 is 0 Å². The van der Waals surface area contributed by atoms with Crippen LogP contribution in [0.25, 0.3) is 22.6 Å². The fourth-order valence-electron chi connectivity index (χ4n) is 1.51. The van der Waals surface area contributed by atoms with Gasteiger partial charge in [0.2, 0.25) is 5.89 Å². The maximum absolute atomic E-state index is 5.80. The maximum atomic E-state index is 5.80. The number of hydrogen-bond acceptors (Lipinski definition) is 5. The molecular weight excluding hydrogens is 204 g/mol. The van der Waals surface area contributed by atoms with E-state index in [1.54, 1.807) is 24.5 Å². The number of nitrogens with two attached hydrogens (primary N) is 1. The van der Waals surface area contributed by atoms with E-state index in [1.807, 2.05) is 12.1 Å². The van der Waals surface area contributed by atoms with Crippen LogP contribution in [0.4, 0.5) is 5.69 Å². The number of fused-ring (bicyclic) bond motifs is 1. The lowest BCUT2D eigenvalue weighted by Gasteiger charge is -1.90. The van der Waals surface area contributed by atoms with E-state index in [0.717, 1.165) is 5.56 Å². The summed E-state index contributed by atoms with van der Waals surface area (Å²) in [6.07, 6.45) is 3.19. The second-order valence-corrected chi connectivity index (χ2v) is 3.34. The lowest BCUT2D eigenvalue weighted by Crippen LogP contribution is -1.85. The molecule has 0 aliphatic rings. The highest BCUT2D eigenvalue weighted by atomic mass is 16.3. The Labute approximate surface area is 90.9 Å². The first kappa shape index (κ1) is 8.84. The molecule has 16 heavy (non-hydrogen) atoms. The first-order valence-electron chi connectivity index (χ1n) is 4.77. The van der Waals surface area contributed by atoms with E-state index in [2.05, 4.69) is 15.2 Å². The first-order valence-corrected chi connectivity index (χ1v) is 4.77. The van der Waals surface area contributed by atoms with Gasteiger partial charge in [-0.2, -0.15) is 10.2 Å². The summed E-state index contributed by atoms with van der Waals surface area (Å²) in [5.74, 6) is 0.503. The number of oxazole rings is 1. The van der Waals surface area contributed by atoms with E-state index >= 15 is 0 Å². The summed E-state index contributed by atoms with van der Waals surface area (Å²) in [5.41, 5.74) is 8.53. The number of nitrogens with zero attached hydrogens (tertiary/aromatic N) is 3. The third-order valence-corrected chi connectivity index (χ3v) is 2.28. The Hall–Kier alpha value is -2.43. The summed E-state index contributed by atoms with van der Waals surface area (Å²) >= 11 is 0. The number of hydrogen-bond donors (Lipinski definition) is 1. The van der Waals surface area contributed by atoms with Gasteiger partial charge in [0.05, 0.1) is 23.6 Å². The van der Waals surface area contributed by atoms with Gasteiger partial charge < -0.3 is 10.2 Å². The number of benzene rings is 1. The van der Waals surface area contributed by atoms with Crippen molar-refractivity contribution in [1.82, 2.24) is 15.2 Å². The highest BCUT2D eigenvalue weighted by molar-refractivity contribution is 5.87. The molecule has 2 N–H and O–H groups in total. The summed E-state index contributed by atoms with van der Waals surface area (Å²) in [6.45, 7) is 0. The summed E-state index contributed by atoms with van der Waals surface area (Å²) in [4.78, 5) is 4.32. The normalized spacial score (nSPS) is 10.8. The summed E-state index contributed by atoms with van der Waals surface area (Å²) in [7, 11) is 0. The fraction of sp³-hybridized carbons (Fsp3) is 0. The standard InChI is InChI=1S/C11H8N4O/c12-8-2-1-3-9-10(8)15-11(16-9)7-4-5-13-14-6-7/h1-6H,12H2. The average Bonchev–Trinajstić information content (AvgIpc) is 2.76. The molecule has 3 aromatic rings. The number of anilines is 1. The molecule has 0 amide bonds. The van der Waals surface area contributed by atoms with Crippen LogP contribution in [0.1, 0.15) is 0 Å². The third-order valence-electron chi connectivity index (χ3n) is 2.28. The Balaban J connectivity index is 2.23. The molecule has 0 aliphatic heterocycles. The van der Waals surface area contributed by atoms with Crippen molar-refractivity contribution in [3.8, 4) is 11.5 Å². The molecule has 0 saturated heterocycles. The zero-order valence-electron chi connectivity index (χ0n) is 8.29. The summed E-state index contributed by atoms with van der Waals surface area (Å²) in [6, 6.07) is 7.24. The van der Waals surface area contributed by atoms with Crippen molar-refractivity contribution in [1.29, 1.82) is 0 Å². The van der Waals surface area contributed by atoms with Crippen LogP contribution in [-0.4, -0.2) is 15.2 Å². The number of aromatic nitrogens is 3.